The topological polar surface area (TPSA) is 78.4 Å². The predicted molar refractivity (Wildman–Crippen MR) is 60.1 cm³/mol. The van der Waals surface area contributed by atoms with E-state index in [1.54, 1.807) is 5.32 Å². The third-order valence-electron chi connectivity index (χ3n) is 2.15. The van der Waals surface area contributed by atoms with E-state index < -0.39 is 41.7 Å². The van der Waals surface area contributed by atoms with Crippen molar-refractivity contribution in [1.82, 2.24) is 5.32 Å². The second-order valence-electron chi connectivity index (χ2n) is 3.63. The Morgan fingerprint density at radius 3 is 2.40 bits per heavy atom. The summed E-state index contributed by atoms with van der Waals surface area (Å²) in [6.07, 6.45) is -4.70. The van der Waals surface area contributed by atoms with E-state index in [-0.39, 0.29) is 6.54 Å². The Morgan fingerprint density at radius 1 is 1.20 bits per heavy atom. The van der Waals surface area contributed by atoms with Gasteiger partial charge in [0.1, 0.15) is 5.82 Å². The smallest absolute Gasteiger partial charge is 0.395 e. The summed E-state index contributed by atoms with van der Waals surface area (Å²) in [7, 11) is 0. The Hall–Kier alpha value is -2.16. The first-order valence-electron chi connectivity index (χ1n) is 5.32. The summed E-state index contributed by atoms with van der Waals surface area (Å²) in [6.45, 7) is -0.631. The number of hydrogen-bond donors (Lipinski definition) is 3. The van der Waals surface area contributed by atoms with Gasteiger partial charge in [0, 0.05) is 6.54 Å². The zero-order chi connectivity index (χ0) is 15.3. The number of anilines is 1. The fourth-order valence-corrected chi connectivity index (χ4v) is 1.23. The van der Waals surface area contributed by atoms with Crippen LogP contribution in [0, 0.1) is 5.82 Å². The van der Waals surface area contributed by atoms with Crippen LogP contribution in [-0.4, -0.2) is 30.1 Å². The lowest BCUT2D eigenvalue weighted by Gasteiger charge is -2.10. The van der Waals surface area contributed by atoms with Gasteiger partial charge in [-0.05, 0) is 18.2 Å². The van der Waals surface area contributed by atoms with E-state index in [9.17, 15) is 27.2 Å². The maximum atomic E-state index is 13.3. The molecule has 9 heteroatoms. The van der Waals surface area contributed by atoms with E-state index >= 15 is 0 Å². The van der Waals surface area contributed by atoms with Gasteiger partial charge in [0.25, 0.3) is 0 Å². The zero-order valence-corrected chi connectivity index (χ0v) is 9.92. The van der Waals surface area contributed by atoms with Crippen molar-refractivity contribution in [3.05, 3.63) is 29.6 Å². The fraction of sp³-hybridized carbons (Fsp3) is 0.273. The first kappa shape index (κ1) is 15.9. The number of aliphatic hydroxyl groups is 1. The molecule has 0 aliphatic carbocycles. The Morgan fingerprint density at radius 2 is 1.85 bits per heavy atom. The van der Waals surface area contributed by atoms with E-state index in [4.69, 9.17) is 5.11 Å². The molecule has 3 N–H and O–H groups in total. The molecule has 20 heavy (non-hydrogen) atoms. The monoisotopic (exact) mass is 294 g/mol. The normalized spacial score (nSPS) is 11.1. The molecule has 1 rings (SSSR count). The van der Waals surface area contributed by atoms with Gasteiger partial charge in [-0.25, -0.2) is 4.39 Å². The van der Waals surface area contributed by atoms with Crippen molar-refractivity contribution in [1.29, 1.82) is 0 Å². The van der Waals surface area contributed by atoms with Crippen molar-refractivity contribution in [3.63, 3.8) is 0 Å². The molecule has 0 saturated heterocycles. The highest BCUT2D eigenvalue weighted by Gasteiger charge is 2.31. The Bertz CT molecular complexity index is 517. The highest BCUT2D eigenvalue weighted by molar-refractivity contribution is 6.39. The quantitative estimate of drug-likeness (QED) is 0.572. The molecule has 2 amide bonds. The molecule has 0 spiro atoms. The Kier molecular flexibility index (Phi) is 5.03. The van der Waals surface area contributed by atoms with Crippen LogP contribution in [-0.2, 0) is 15.8 Å². The largest absolute Gasteiger partial charge is 0.416 e. The molecule has 0 aliphatic rings. The van der Waals surface area contributed by atoms with E-state index in [1.807, 2.05) is 5.32 Å². The molecule has 0 heterocycles. The number of benzene rings is 1. The van der Waals surface area contributed by atoms with Gasteiger partial charge in [-0.3, -0.25) is 9.59 Å². The number of alkyl halides is 3. The molecule has 1 aromatic carbocycles. The number of carbonyl (C=O) groups excluding carboxylic acids is 2. The summed E-state index contributed by atoms with van der Waals surface area (Å²) in [4.78, 5) is 22.4. The Labute approximate surface area is 110 Å². The van der Waals surface area contributed by atoms with Crippen LogP contribution in [0.2, 0.25) is 0 Å². The van der Waals surface area contributed by atoms with E-state index in [2.05, 4.69) is 0 Å². The summed E-state index contributed by atoms with van der Waals surface area (Å²) in [5.41, 5.74) is -1.92. The molecule has 0 aliphatic heterocycles. The number of amides is 2. The summed E-state index contributed by atoms with van der Waals surface area (Å²) in [5, 5.41) is 12.1. The van der Waals surface area contributed by atoms with E-state index in [0.29, 0.717) is 18.2 Å². The molecule has 0 aromatic heterocycles. The van der Waals surface area contributed by atoms with Gasteiger partial charge in [0.15, 0.2) is 0 Å². The second kappa shape index (κ2) is 6.33. The third kappa shape index (κ3) is 4.19. The van der Waals surface area contributed by atoms with Crippen molar-refractivity contribution < 1.29 is 32.3 Å². The van der Waals surface area contributed by atoms with E-state index in [0.717, 1.165) is 0 Å². The fourth-order valence-electron chi connectivity index (χ4n) is 1.23. The van der Waals surface area contributed by atoms with Crippen LogP contribution in [0.25, 0.3) is 0 Å². The van der Waals surface area contributed by atoms with Crippen molar-refractivity contribution in [2.45, 2.75) is 6.18 Å². The average Bonchev–Trinajstić information content (AvgIpc) is 2.37. The Balaban J connectivity index is 2.86. The van der Waals surface area contributed by atoms with E-state index in [1.165, 1.54) is 0 Å². The van der Waals surface area contributed by atoms with Crippen molar-refractivity contribution in [3.8, 4) is 0 Å². The van der Waals surface area contributed by atoms with Crippen LogP contribution in [0.3, 0.4) is 0 Å². The molecule has 0 unspecified atom stereocenters. The van der Waals surface area contributed by atoms with Gasteiger partial charge in [-0.15, -0.1) is 0 Å². The molecule has 0 radical (unpaired) electrons. The average molecular weight is 294 g/mol. The van der Waals surface area contributed by atoms with Crippen LogP contribution >= 0.6 is 0 Å². The molecule has 110 valence electrons. The molecule has 0 atom stereocenters. The van der Waals surface area contributed by atoms with Crippen LogP contribution in [0.1, 0.15) is 5.56 Å². The SMILES string of the molecule is O=C(NCCO)C(=O)Nc1cc(C(F)(F)F)ccc1F. The van der Waals surface area contributed by atoms with Gasteiger partial charge in [0.05, 0.1) is 17.9 Å². The highest BCUT2D eigenvalue weighted by atomic mass is 19.4. The molecular formula is C11H10F4N2O3. The van der Waals surface area contributed by atoms with Gasteiger partial charge >= 0.3 is 18.0 Å². The molecule has 5 nitrogen and oxygen atoms in total. The summed E-state index contributed by atoms with van der Waals surface area (Å²) >= 11 is 0. The van der Waals surface area contributed by atoms with Crippen molar-refractivity contribution in [2.75, 3.05) is 18.5 Å². The minimum atomic E-state index is -4.70. The second-order valence-corrected chi connectivity index (χ2v) is 3.63. The minimum absolute atomic E-state index is 0.211. The molecule has 0 saturated carbocycles. The lowest BCUT2D eigenvalue weighted by molar-refractivity contribution is -0.137. The minimum Gasteiger partial charge on any atom is -0.395 e. The summed E-state index contributed by atoms with van der Waals surface area (Å²) in [6, 6.07) is 1.42. The zero-order valence-electron chi connectivity index (χ0n) is 9.92. The number of hydrogen-bond acceptors (Lipinski definition) is 3. The number of carbonyl (C=O) groups is 2. The van der Waals surface area contributed by atoms with Gasteiger partial charge in [-0.1, -0.05) is 0 Å². The summed E-state index contributed by atoms with van der Waals surface area (Å²) < 4.78 is 50.5. The van der Waals surface area contributed by atoms with Crippen LogP contribution in [0.15, 0.2) is 18.2 Å². The van der Waals surface area contributed by atoms with Crippen LogP contribution in [0.4, 0.5) is 23.2 Å². The number of rotatable bonds is 3. The first-order chi connectivity index (χ1) is 9.25. The van der Waals surface area contributed by atoms with Gasteiger partial charge in [-0.2, -0.15) is 13.2 Å². The molecule has 0 fully saturated rings. The van der Waals surface area contributed by atoms with Crippen molar-refractivity contribution in [2.24, 2.45) is 0 Å². The van der Waals surface area contributed by atoms with Gasteiger partial charge < -0.3 is 15.7 Å². The van der Waals surface area contributed by atoms with Gasteiger partial charge in [0.2, 0.25) is 0 Å². The van der Waals surface area contributed by atoms with Crippen molar-refractivity contribution >= 4 is 17.5 Å². The lowest BCUT2D eigenvalue weighted by atomic mass is 10.2. The lowest BCUT2D eigenvalue weighted by Crippen LogP contribution is -2.37. The standard InChI is InChI=1S/C11H10F4N2O3/c12-7-2-1-6(11(13,14)15)5-8(7)17-10(20)9(19)16-3-4-18/h1-2,5,18H,3-4H2,(H,16,19)(H,17,20). The number of aliphatic hydroxyl groups excluding tert-OH is 1. The van der Waals surface area contributed by atoms with Crippen LogP contribution < -0.4 is 10.6 Å². The highest BCUT2D eigenvalue weighted by Crippen LogP contribution is 2.31. The number of nitrogens with one attached hydrogen (secondary N) is 2. The first-order valence-corrected chi connectivity index (χ1v) is 5.32. The summed E-state index contributed by atoms with van der Waals surface area (Å²) in [5.74, 6) is -3.64. The molecule has 0 bridgehead atoms. The third-order valence-corrected chi connectivity index (χ3v) is 2.15. The van der Waals surface area contributed by atoms with Crippen LogP contribution in [0.5, 0.6) is 0 Å². The maximum absolute atomic E-state index is 13.3. The maximum Gasteiger partial charge on any atom is 0.416 e. The predicted octanol–water partition coefficient (Wildman–Crippen LogP) is 0.892. The molecule has 1 aromatic rings. The number of halogens is 4. The molecular weight excluding hydrogens is 284 g/mol.